The minimum atomic E-state index is -0.276. The van der Waals surface area contributed by atoms with Gasteiger partial charge in [-0.2, -0.15) is 0 Å². The Kier molecular flexibility index (Phi) is 3.69. The lowest BCUT2D eigenvalue weighted by Crippen LogP contribution is -2.10. The first-order chi connectivity index (χ1) is 12.7. The van der Waals surface area contributed by atoms with Crippen molar-refractivity contribution in [2.45, 2.75) is 18.3 Å². The normalized spacial score (nSPS) is 15.3. The number of halogens is 2. The van der Waals surface area contributed by atoms with Crippen LogP contribution in [-0.2, 0) is 5.41 Å². The molecule has 4 aromatic rings. The molecule has 2 aromatic heterocycles. The van der Waals surface area contributed by atoms with Crippen LogP contribution >= 0.6 is 27.3 Å². The van der Waals surface area contributed by atoms with E-state index in [0.717, 1.165) is 33.4 Å². The Bertz CT molecular complexity index is 1120. The van der Waals surface area contributed by atoms with Gasteiger partial charge in [0.05, 0.1) is 5.69 Å². The summed E-state index contributed by atoms with van der Waals surface area (Å²) in [5, 5.41) is 0.666. The van der Waals surface area contributed by atoms with Crippen LogP contribution in [0, 0.1) is 5.82 Å². The largest absolute Gasteiger partial charge is 0.239 e. The maximum Gasteiger partial charge on any atom is 0.144 e. The van der Waals surface area contributed by atoms with E-state index in [1.807, 2.05) is 18.2 Å². The molecule has 2 heterocycles. The molecule has 2 nitrogen and oxygen atoms in total. The molecule has 0 aliphatic heterocycles. The van der Waals surface area contributed by atoms with Crippen molar-refractivity contribution >= 4 is 37.6 Å². The van der Waals surface area contributed by atoms with Crippen LogP contribution in [-0.4, -0.2) is 9.97 Å². The summed E-state index contributed by atoms with van der Waals surface area (Å²) in [6, 6.07) is 19.7. The molecule has 1 aliphatic rings. The zero-order chi connectivity index (χ0) is 17.7. The number of nitrogens with zero attached hydrogens (tertiary/aromatic N) is 2. The van der Waals surface area contributed by atoms with Gasteiger partial charge < -0.3 is 0 Å². The molecule has 0 saturated heterocycles. The van der Waals surface area contributed by atoms with E-state index in [4.69, 9.17) is 4.98 Å². The van der Waals surface area contributed by atoms with Crippen LogP contribution in [0.1, 0.15) is 24.1 Å². The number of fused-ring (bicyclic) bond motifs is 1. The predicted molar refractivity (Wildman–Crippen MR) is 107 cm³/mol. The molecule has 128 valence electrons. The fourth-order valence-corrected chi connectivity index (χ4v) is 4.73. The van der Waals surface area contributed by atoms with Gasteiger partial charge in [0.25, 0.3) is 0 Å². The molecule has 0 N–H and O–H groups in total. The highest BCUT2D eigenvalue weighted by molar-refractivity contribution is 9.10. The molecule has 5 rings (SSSR count). The average molecular weight is 425 g/mol. The first kappa shape index (κ1) is 16.1. The minimum Gasteiger partial charge on any atom is -0.239 e. The quantitative estimate of drug-likeness (QED) is 0.383. The van der Waals surface area contributed by atoms with E-state index in [9.17, 15) is 4.39 Å². The third-order valence-electron chi connectivity index (χ3n) is 4.98. The second kappa shape index (κ2) is 5.96. The van der Waals surface area contributed by atoms with E-state index in [1.165, 1.54) is 23.0 Å². The number of rotatable bonds is 3. The van der Waals surface area contributed by atoms with E-state index in [-0.39, 0.29) is 11.2 Å². The van der Waals surface area contributed by atoms with Gasteiger partial charge >= 0.3 is 0 Å². The highest BCUT2D eigenvalue weighted by Crippen LogP contribution is 2.53. The van der Waals surface area contributed by atoms with Crippen molar-refractivity contribution in [3.05, 3.63) is 82.2 Å². The molecule has 2 aromatic carbocycles. The van der Waals surface area contributed by atoms with Crippen LogP contribution < -0.4 is 0 Å². The zero-order valence-corrected chi connectivity index (χ0v) is 16.1. The van der Waals surface area contributed by atoms with Gasteiger partial charge in [-0.15, -0.1) is 0 Å². The van der Waals surface area contributed by atoms with Crippen molar-refractivity contribution in [2.24, 2.45) is 0 Å². The molecular weight excluding hydrogens is 411 g/mol. The highest BCUT2D eigenvalue weighted by atomic mass is 79.9. The topological polar surface area (TPSA) is 25.8 Å². The van der Waals surface area contributed by atoms with Gasteiger partial charge in [0.2, 0.25) is 0 Å². The summed E-state index contributed by atoms with van der Waals surface area (Å²) in [7, 11) is 0. The van der Waals surface area contributed by atoms with E-state index in [0.29, 0.717) is 10.6 Å². The molecule has 5 heteroatoms. The van der Waals surface area contributed by atoms with Gasteiger partial charge in [-0.3, -0.25) is 0 Å². The maximum atomic E-state index is 14.3. The molecule has 0 bridgehead atoms. The summed E-state index contributed by atoms with van der Waals surface area (Å²) in [6.07, 6.45) is 2.23. The molecule has 26 heavy (non-hydrogen) atoms. The Hall–Kier alpha value is -2.11. The van der Waals surface area contributed by atoms with Crippen LogP contribution in [0.5, 0.6) is 0 Å². The standard InChI is InChI=1S/C21H14BrFN2S/c22-14-6-7-15(16(23)12-14)19-24-17-8-9-18(25-20(17)26-19)21(10-11-21)13-4-2-1-3-5-13/h1-9,12H,10-11H2. The van der Waals surface area contributed by atoms with E-state index >= 15 is 0 Å². The van der Waals surface area contributed by atoms with E-state index < -0.39 is 0 Å². The molecule has 1 fully saturated rings. The molecule has 1 aliphatic carbocycles. The summed E-state index contributed by atoms with van der Waals surface area (Å²) in [4.78, 5) is 10.4. The van der Waals surface area contributed by atoms with Crippen LogP contribution in [0.3, 0.4) is 0 Å². The zero-order valence-electron chi connectivity index (χ0n) is 13.7. The maximum absolute atomic E-state index is 14.3. The third kappa shape index (κ3) is 2.58. The van der Waals surface area contributed by atoms with Gasteiger partial charge in [-0.1, -0.05) is 57.6 Å². The van der Waals surface area contributed by atoms with Gasteiger partial charge in [0.1, 0.15) is 21.2 Å². The minimum absolute atomic E-state index is 0.0302. The highest BCUT2D eigenvalue weighted by Gasteiger charge is 2.47. The first-order valence-electron chi connectivity index (χ1n) is 8.45. The van der Waals surface area contributed by atoms with Gasteiger partial charge in [0, 0.05) is 15.5 Å². The molecular formula is C21H14BrFN2S. The molecule has 0 amide bonds. The Morgan fingerprint density at radius 2 is 1.77 bits per heavy atom. The first-order valence-corrected chi connectivity index (χ1v) is 10.1. The van der Waals surface area contributed by atoms with Crippen molar-refractivity contribution in [2.75, 3.05) is 0 Å². The number of hydrogen-bond acceptors (Lipinski definition) is 3. The van der Waals surface area contributed by atoms with Gasteiger partial charge in [-0.25, -0.2) is 14.4 Å². The number of thiazole rings is 1. The van der Waals surface area contributed by atoms with Crippen molar-refractivity contribution in [1.29, 1.82) is 0 Å². The third-order valence-corrected chi connectivity index (χ3v) is 6.48. The molecule has 0 radical (unpaired) electrons. The Morgan fingerprint density at radius 3 is 2.50 bits per heavy atom. The lowest BCUT2D eigenvalue weighted by Gasteiger charge is -2.14. The average Bonchev–Trinajstić information content (AvgIpc) is 3.36. The number of hydrogen-bond donors (Lipinski definition) is 0. The lowest BCUT2D eigenvalue weighted by molar-refractivity contribution is 0.630. The Labute approximate surface area is 162 Å². The monoisotopic (exact) mass is 424 g/mol. The van der Waals surface area contributed by atoms with Crippen molar-refractivity contribution in [3.63, 3.8) is 0 Å². The van der Waals surface area contributed by atoms with Gasteiger partial charge in [0.15, 0.2) is 0 Å². The van der Waals surface area contributed by atoms with Crippen molar-refractivity contribution in [3.8, 4) is 10.6 Å². The summed E-state index contributed by atoms with van der Waals surface area (Å²) in [5.41, 5.74) is 3.77. The fraction of sp³-hybridized carbons (Fsp3) is 0.143. The Morgan fingerprint density at radius 1 is 0.962 bits per heavy atom. The van der Waals surface area contributed by atoms with Crippen LogP contribution in [0.25, 0.3) is 20.9 Å². The molecule has 0 atom stereocenters. The smallest absolute Gasteiger partial charge is 0.144 e. The SMILES string of the molecule is Fc1cc(Br)ccc1-c1nc2ccc(C3(c4ccccc4)CC3)nc2s1. The van der Waals surface area contributed by atoms with Crippen LogP contribution in [0.4, 0.5) is 4.39 Å². The Balaban J connectivity index is 1.59. The lowest BCUT2D eigenvalue weighted by atomic mass is 9.92. The van der Waals surface area contributed by atoms with Crippen LogP contribution in [0.2, 0.25) is 0 Å². The van der Waals surface area contributed by atoms with Gasteiger partial charge in [-0.05, 0) is 48.7 Å². The number of benzene rings is 2. The van der Waals surface area contributed by atoms with Crippen LogP contribution in [0.15, 0.2) is 65.1 Å². The summed E-state index contributed by atoms with van der Waals surface area (Å²) < 4.78 is 15.0. The summed E-state index contributed by atoms with van der Waals surface area (Å²) >= 11 is 4.74. The molecule has 1 saturated carbocycles. The number of aromatic nitrogens is 2. The number of pyridine rings is 1. The van der Waals surface area contributed by atoms with Crippen molar-refractivity contribution < 1.29 is 4.39 Å². The second-order valence-corrected chi connectivity index (χ2v) is 8.51. The van der Waals surface area contributed by atoms with E-state index in [2.05, 4.69) is 51.2 Å². The summed E-state index contributed by atoms with van der Waals surface area (Å²) in [6.45, 7) is 0. The van der Waals surface area contributed by atoms with E-state index in [1.54, 1.807) is 6.07 Å². The fourth-order valence-electron chi connectivity index (χ4n) is 3.44. The molecule has 0 spiro atoms. The second-order valence-electron chi connectivity index (χ2n) is 6.61. The van der Waals surface area contributed by atoms with Crippen molar-refractivity contribution in [1.82, 2.24) is 9.97 Å². The summed E-state index contributed by atoms with van der Waals surface area (Å²) in [5.74, 6) is -0.276. The predicted octanol–water partition coefficient (Wildman–Crippen LogP) is 6.34. The molecule has 0 unspecified atom stereocenters.